The number of carbonyl (C=O) groups excluding carboxylic acids is 3. The summed E-state index contributed by atoms with van der Waals surface area (Å²) in [5.74, 6) is -0.887. The van der Waals surface area contributed by atoms with Gasteiger partial charge in [0.15, 0.2) is 9.84 Å². The fourth-order valence-electron chi connectivity index (χ4n) is 2.36. The Morgan fingerprint density at radius 1 is 1.31 bits per heavy atom. The van der Waals surface area contributed by atoms with E-state index in [4.69, 9.17) is 9.47 Å². The highest BCUT2D eigenvalue weighted by molar-refractivity contribution is 7.90. The van der Waals surface area contributed by atoms with Crippen LogP contribution in [-0.2, 0) is 35.4 Å². The van der Waals surface area contributed by atoms with Gasteiger partial charge in [0.25, 0.3) is 0 Å². The number of benzene rings is 1. The highest BCUT2D eigenvalue weighted by Crippen LogP contribution is 2.13. The Hall–Kier alpha value is -2.62. The quantitative estimate of drug-likeness (QED) is 0.662. The van der Waals surface area contributed by atoms with Crippen LogP contribution in [0, 0.1) is 0 Å². The lowest BCUT2D eigenvalue weighted by molar-refractivity contribution is -0.141. The third-order valence-corrected chi connectivity index (χ3v) is 4.86. The number of esters is 1. The molecule has 1 aliphatic rings. The first-order chi connectivity index (χ1) is 12.2. The normalized spacial score (nSPS) is 16.9. The van der Waals surface area contributed by atoms with E-state index in [1.54, 1.807) is 12.1 Å². The molecule has 0 aliphatic carbocycles. The number of hydrogen-bond acceptors (Lipinski definition) is 7. The molecule has 0 aromatic heterocycles. The molecule has 1 fully saturated rings. The lowest BCUT2D eigenvalue weighted by Crippen LogP contribution is -2.46. The van der Waals surface area contributed by atoms with Crippen LogP contribution < -0.4 is 5.32 Å². The summed E-state index contributed by atoms with van der Waals surface area (Å²) in [5.41, 5.74) is 0.711. The zero-order valence-electron chi connectivity index (χ0n) is 14.4. The van der Waals surface area contributed by atoms with Crippen LogP contribution in [0.1, 0.15) is 12.5 Å². The molecule has 26 heavy (non-hydrogen) atoms. The molecule has 9 nitrogen and oxygen atoms in total. The van der Waals surface area contributed by atoms with Crippen molar-refractivity contribution in [2.24, 2.45) is 0 Å². The minimum absolute atomic E-state index is 0.0266. The van der Waals surface area contributed by atoms with E-state index in [1.807, 2.05) is 0 Å². The van der Waals surface area contributed by atoms with Gasteiger partial charge in [0.2, 0.25) is 5.91 Å². The predicted molar refractivity (Wildman–Crippen MR) is 89.9 cm³/mol. The van der Waals surface area contributed by atoms with Crippen molar-refractivity contribution in [2.75, 3.05) is 26.0 Å². The highest BCUT2D eigenvalue weighted by atomic mass is 32.2. The van der Waals surface area contributed by atoms with Gasteiger partial charge in [-0.2, -0.15) is 0 Å². The van der Waals surface area contributed by atoms with E-state index in [9.17, 15) is 22.8 Å². The van der Waals surface area contributed by atoms with E-state index in [2.05, 4.69) is 5.32 Å². The first kappa shape index (κ1) is 19.7. The van der Waals surface area contributed by atoms with Crippen LogP contribution in [0.4, 0.5) is 4.79 Å². The number of nitrogens with one attached hydrogen (secondary N) is 1. The van der Waals surface area contributed by atoms with Gasteiger partial charge in [-0.15, -0.1) is 0 Å². The van der Waals surface area contributed by atoms with Gasteiger partial charge >= 0.3 is 12.1 Å². The Labute approximate surface area is 151 Å². The molecule has 1 aromatic rings. The molecule has 142 valence electrons. The van der Waals surface area contributed by atoms with Crippen LogP contribution in [0.3, 0.4) is 0 Å². The first-order valence-electron chi connectivity index (χ1n) is 7.82. The summed E-state index contributed by atoms with van der Waals surface area (Å²) in [6, 6.07) is 5.32. The van der Waals surface area contributed by atoms with Crippen molar-refractivity contribution in [1.29, 1.82) is 0 Å². The molecule has 0 spiro atoms. The average molecular weight is 384 g/mol. The number of rotatable bonds is 7. The second-order valence-corrected chi connectivity index (χ2v) is 7.78. The van der Waals surface area contributed by atoms with Crippen molar-refractivity contribution in [3.8, 4) is 0 Å². The lowest BCUT2D eigenvalue weighted by atomic mass is 10.2. The van der Waals surface area contributed by atoms with Crippen LogP contribution in [-0.4, -0.2) is 63.3 Å². The van der Waals surface area contributed by atoms with Gasteiger partial charge in [0, 0.05) is 19.7 Å². The van der Waals surface area contributed by atoms with Crippen molar-refractivity contribution < 1.29 is 32.3 Å². The highest BCUT2D eigenvalue weighted by Gasteiger charge is 2.37. The molecule has 2 rings (SSSR count). The van der Waals surface area contributed by atoms with Crippen molar-refractivity contribution in [3.63, 3.8) is 0 Å². The van der Waals surface area contributed by atoms with Gasteiger partial charge in [-0.25, -0.2) is 13.2 Å². The summed E-state index contributed by atoms with van der Waals surface area (Å²) >= 11 is 0. The molecule has 1 heterocycles. The molecule has 10 heteroatoms. The number of amides is 2. The number of ether oxygens (including phenoxy) is 2. The largest absolute Gasteiger partial charge is 0.464 e. The molecule has 0 saturated carbocycles. The van der Waals surface area contributed by atoms with Gasteiger partial charge in [-0.05, 0) is 17.7 Å². The number of cyclic esters (lactones) is 1. The molecular formula is C16H20N2O7S. The van der Waals surface area contributed by atoms with Crippen molar-refractivity contribution in [3.05, 3.63) is 29.8 Å². The summed E-state index contributed by atoms with van der Waals surface area (Å²) in [6.07, 6.45) is 0.473. The first-order valence-corrected chi connectivity index (χ1v) is 9.71. The van der Waals surface area contributed by atoms with Crippen molar-refractivity contribution >= 4 is 27.8 Å². The third kappa shape index (κ3) is 5.19. The Morgan fingerprint density at radius 2 is 1.96 bits per heavy atom. The lowest BCUT2D eigenvalue weighted by Gasteiger charge is -2.20. The van der Waals surface area contributed by atoms with E-state index in [0.717, 1.165) is 6.26 Å². The molecule has 1 aliphatic heterocycles. The third-order valence-electron chi connectivity index (χ3n) is 3.73. The molecule has 1 aromatic carbocycles. The van der Waals surface area contributed by atoms with Gasteiger partial charge in [0.1, 0.15) is 19.3 Å². The maximum absolute atomic E-state index is 12.3. The van der Waals surface area contributed by atoms with Crippen LogP contribution >= 0.6 is 0 Å². The van der Waals surface area contributed by atoms with E-state index >= 15 is 0 Å². The molecule has 1 N–H and O–H groups in total. The number of nitrogens with zero attached hydrogens (tertiary/aromatic N) is 1. The van der Waals surface area contributed by atoms with E-state index in [1.165, 1.54) is 24.0 Å². The summed E-state index contributed by atoms with van der Waals surface area (Å²) in [4.78, 5) is 36.2. The van der Waals surface area contributed by atoms with E-state index < -0.39 is 33.8 Å². The topological polar surface area (TPSA) is 119 Å². The number of carbonyl (C=O) groups is 3. The molecule has 2 amide bonds. The van der Waals surface area contributed by atoms with Crippen LogP contribution in [0.25, 0.3) is 0 Å². The fourth-order valence-corrected chi connectivity index (χ4v) is 2.99. The Balaban J connectivity index is 1.91. The molecule has 1 saturated heterocycles. The summed E-state index contributed by atoms with van der Waals surface area (Å²) < 4.78 is 32.5. The van der Waals surface area contributed by atoms with Crippen LogP contribution in [0.5, 0.6) is 0 Å². The smallest absolute Gasteiger partial charge is 0.410 e. The second kappa shape index (κ2) is 8.17. The van der Waals surface area contributed by atoms with Crippen LogP contribution in [0.2, 0.25) is 0 Å². The van der Waals surface area contributed by atoms with Crippen LogP contribution in [0.15, 0.2) is 29.2 Å². The molecular weight excluding hydrogens is 364 g/mol. The maximum atomic E-state index is 12.3. The van der Waals surface area contributed by atoms with Crippen molar-refractivity contribution in [2.45, 2.75) is 24.4 Å². The Kier molecular flexibility index (Phi) is 6.19. The number of hydrogen-bond donors (Lipinski definition) is 1. The zero-order valence-corrected chi connectivity index (χ0v) is 15.2. The minimum Gasteiger partial charge on any atom is -0.464 e. The van der Waals surface area contributed by atoms with Gasteiger partial charge in [-0.3, -0.25) is 14.5 Å². The monoisotopic (exact) mass is 384 g/mol. The second-order valence-electron chi connectivity index (χ2n) is 5.76. The van der Waals surface area contributed by atoms with E-state index in [-0.39, 0.29) is 31.2 Å². The average Bonchev–Trinajstić information content (AvgIpc) is 2.93. The standard InChI is InChI=1S/C16H20N2O7S/c1-11(19)24-8-7-18-14(10-25-16(18)21)15(20)17-9-12-3-5-13(6-4-12)26(2,22)23/h3-6,14H,7-10H2,1-2H3,(H,17,20)/t14-/m0/s1. The minimum atomic E-state index is -3.28. The molecule has 0 bridgehead atoms. The van der Waals surface area contributed by atoms with Crippen molar-refractivity contribution in [1.82, 2.24) is 10.2 Å². The summed E-state index contributed by atoms with van der Waals surface area (Å²) in [6.45, 7) is 1.37. The Morgan fingerprint density at radius 3 is 2.54 bits per heavy atom. The molecule has 1 atom stereocenters. The van der Waals surface area contributed by atoms with E-state index in [0.29, 0.717) is 5.56 Å². The summed E-state index contributed by atoms with van der Waals surface area (Å²) in [7, 11) is -3.28. The molecule has 0 radical (unpaired) electrons. The summed E-state index contributed by atoms with van der Waals surface area (Å²) in [5, 5.41) is 2.68. The Bertz CT molecular complexity index is 789. The maximum Gasteiger partial charge on any atom is 0.410 e. The van der Waals surface area contributed by atoms with Gasteiger partial charge in [-0.1, -0.05) is 12.1 Å². The molecule has 0 unspecified atom stereocenters. The van der Waals surface area contributed by atoms with Gasteiger partial charge in [0.05, 0.1) is 11.4 Å². The zero-order chi connectivity index (χ0) is 19.3. The predicted octanol–water partition coefficient (Wildman–Crippen LogP) is 0.0902. The van der Waals surface area contributed by atoms with Gasteiger partial charge < -0.3 is 14.8 Å². The SMILES string of the molecule is CC(=O)OCCN1C(=O)OC[C@H]1C(=O)NCc1ccc(S(C)(=O)=O)cc1. The fraction of sp³-hybridized carbons (Fsp3) is 0.438. The number of sulfone groups is 1.